The van der Waals surface area contributed by atoms with Gasteiger partial charge in [0.1, 0.15) is 18.0 Å². The Morgan fingerprint density at radius 2 is 2.08 bits per heavy atom. The number of ether oxygens (including phenoxy) is 1. The monoisotopic (exact) mass is 325 g/mol. The molecule has 3 aromatic rings. The second-order valence-corrected chi connectivity index (χ2v) is 5.67. The van der Waals surface area contributed by atoms with Crippen LogP contribution in [0.2, 0.25) is 0 Å². The van der Waals surface area contributed by atoms with E-state index in [2.05, 4.69) is 36.3 Å². The van der Waals surface area contributed by atoms with Crippen molar-refractivity contribution in [3.63, 3.8) is 0 Å². The third-order valence-corrected chi connectivity index (χ3v) is 4.15. The van der Waals surface area contributed by atoms with Crippen molar-refractivity contribution in [1.82, 2.24) is 24.7 Å². The van der Waals surface area contributed by atoms with E-state index in [0.717, 1.165) is 54.5 Å². The molecule has 1 fully saturated rings. The molecule has 1 aliphatic rings. The highest BCUT2D eigenvalue weighted by molar-refractivity contribution is 5.85. The molecule has 0 atom stereocenters. The number of anilines is 2. The molecular weight excluding hydrogens is 306 g/mol. The molecule has 0 unspecified atom stereocenters. The van der Waals surface area contributed by atoms with Gasteiger partial charge in [0.2, 0.25) is 0 Å². The van der Waals surface area contributed by atoms with Crippen molar-refractivity contribution in [2.24, 2.45) is 7.05 Å². The quantitative estimate of drug-likeness (QED) is 0.772. The maximum Gasteiger partial charge on any atom is 0.163 e. The molecule has 124 valence electrons. The van der Waals surface area contributed by atoms with E-state index in [-0.39, 0.29) is 0 Å². The number of aryl methyl sites for hydroxylation is 1. The van der Waals surface area contributed by atoms with E-state index in [1.54, 1.807) is 17.2 Å². The summed E-state index contributed by atoms with van der Waals surface area (Å²) < 4.78 is 7.17. The van der Waals surface area contributed by atoms with Gasteiger partial charge < -0.3 is 15.0 Å². The van der Waals surface area contributed by atoms with Gasteiger partial charge in [-0.2, -0.15) is 5.10 Å². The van der Waals surface area contributed by atoms with Gasteiger partial charge in [-0.25, -0.2) is 15.0 Å². The smallest absolute Gasteiger partial charge is 0.163 e. The van der Waals surface area contributed by atoms with E-state index in [4.69, 9.17) is 4.74 Å². The summed E-state index contributed by atoms with van der Waals surface area (Å²) in [6, 6.07) is 4.05. The zero-order valence-corrected chi connectivity index (χ0v) is 13.5. The van der Waals surface area contributed by atoms with E-state index < -0.39 is 0 Å². The molecule has 0 amide bonds. The fraction of sp³-hybridized carbons (Fsp3) is 0.375. The number of nitrogens with one attached hydrogen (secondary N) is 1. The van der Waals surface area contributed by atoms with E-state index in [0.29, 0.717) is 6.54 Å². The van der Waals surface area contributed by atoms with Crippen LogP contribution in [0.3, 0.4) is 0 Å². The molecule has 24 heavy (non-hydrogen) atoms. The molecule has 0 saturated carbocycles. The van der Waals surface area contributed by atoms with Crippen LogP contribution in [0.25, 0.3) is 11.0 Å². The second kappa shape index (κ2) is 6.40. The van der Waals surface area contributed by atoms with Crippen LogP contribution in [0.5, 0.6) is 0 Å². The predicted molar refractivity (Wildman–Crippen MR) is 90.9 cm³/mol. The first-order valence-corrected chi connectivity index (χ1v) is 7.96. The van der Waals surface area contributed by atoms with Crippen molar-refractivity contribution in [2.45, 2.75) is 6.54 Å². The lowest BCUT2D eigenvalue weighted by Gasteiger charge is -2.29. The Bertz CT molecular complexity index is 841. The van der Waals surface area contributed by atoms with Crippen molar-refractivity contribution < 1.29 is 4.74 Å². The molecule has 0 radical (unpaired) electrons. The van der Waals surface area contributed by atoms with Crippen LogP contribution in [-0.4, -0.2) is 51.0 Å². The van der Waals surface area contributed by atoms with Crippen molar-refractivity contribution in [2.75, 3.05) is 36.5 Å². The molecule has 0 aromatic carbocycles. The summed E-state index contributed by atoms with van der Waals surface area (Å²) in [6.45, 7) is 3.85. The minimum absolute atomic E-state index is 0.640. The zero-order chi connectivity index (χ0) is 16.4. The highest BCUT2D eigenvalue weighted by Gasteiger charge is 2.16. The van der Waals surface area contributed by atoms with Crippen LogP contribution in [0.4, 0.5) is 11.6 Å². The number of hydrogen-bond acceptors (Lipinski definition) is 7. The molecule has 0 aliphatic carbocycles. The van der Waals surface area contributed by atoms with Gasteiger partial charge in [-0.05, 0) is 6.07 Å². The third kappa shape index (κ3) is 2.76. The van der Waals surface area contributed by atoms with Crippen molar-refractivity contribution in [1.29, 1.82) is 0 Å². The van der Waals surface area contributed by atoms with Crippen molar-refractivity contribution in [3.05, 3.63) is 36.4 Å². The number of rotatable bonds is 4. The standard InChI is InChI=1S/C16H19N7O/c1-22-16-13(10-21-22)14(19-11-20-16)18-9-12-3-2-4-17-15(12)23-5-7-24-8-6-23/h2-4,10-11H,5-9H2,1H3,(H,18,19,20). The Balaban J connectivity index is 1.57. The van der Waals surface area contributed by atoms with Gasteiger partial charge in [0, 0.05) is 38.4 Å². The molecule has 1 N–H and O–H groups in total. The predicted octanol–water partition coefficient (Wildman–Crippen LogP) is 1.21. The Morgan fingerprint density at radius 1 is 1.21 bits per heavy atom. The summed E-state index contributed by atoms with van der Waals surface area (Å²) in [5, 5.41) is 8.55. The first-order chi connectivity index (χ1) is 11.8. The van der Waals surface area contributed by atoms with Gasteiger partial charge in [-0.3, -0.25) is 4.68 Å². The number of aromatic nitrogens is 5. The number of fused-ring (bicyclic) bond motifs is 1. The SMILES string of the molecule is Cn1ncc2c(NCc3cccnc3N3CCOCC3)ncnc21. The van der Waals surface area contributed by atoms with Crippen LogP contribution in [-0.2, 0) is 18.3 Å². The number of morpholine rings is 1. The minimum Gasteiger partial charge on any atom is -0.378 e. The topological polar surface area (TPSA) is 81.0 Å². The van der Waals surface area contributed by atoms with E-state index in [1.165, 1.54) is 0 Å². The van der Waals surface area contributed by atoms with Gasteiger partial charge in [0.15, 0.2) is 5.65 Å². The van der Waals surface area contributed by atoms with Crippen LogP contribution in [0.1, 0.15) is 5.56 Å². The Kier molecular flexibility index (Phi) is 3.96. The zero-order valence-electron chi connectivity index (χ0n) is 13.5. The van der Waals surface area contributed by atoms with E-state index in [9.17, 15) is 0 Å². The van der Waals surface area contributed by atoms with Gasteiger partial charge in [0.25, 0.3) is 0 Å². The molecule has 1 saturated heterocycles. The van der Waals surface area contributed by atoms with E-state index in [1.807, 2.05) is 19.3 Å². The first-order valence-electron chi connectivity index (χ1n) is 7.96. The molecule has 8 heteroatoms. The first kappa shape index (κ1) is 14.8. The maximum absolute atomic E-state index is 5.43. The lowest BCUT2D eigenvalue weighted by molar-refractivity contribution is 0.122. The molecule has 0 spiro atoms. The molecule has 4 heterocycles. The van der Waals surface area contributed by atoms with E-state index >= 15 is 0 Å². The normalized spacial score (nSPS) is 15.0. The number of nitrogens with zero attached hydrogens (tertiary/aromatic N) is 6. The van der Waals surface area contributed by atoms with Crippen molar-refractivity contribution >= 4 is 22.7 Å². The lowest BCUT2D eigenvalue weighted by atomic mass is 10.2. The van der Waals surface area contributed by atoms with Crippen LogP contribution in [0.15, 0.2) is 30.9 Å². The van der Waals surface area contributed by atoms with Crippen LogP contribution < -0.4 is 10.2 Å². The Hall–Kier alpha value is -2.74. The fourth-order valence-corrected chi connectivity index (χ4v) is 2.91. The fourth-order valence-electron chi connectivity index (χ4n) is 2.91. The maximum atomic E-state index is 5.43. The van der Waals surface area contributed by atoms with Crippen LogP contribution >= 0.6 is 0 Å². The number of pyridine rings is 1. The van der Waals surface area contributed by atoms with Crippen molar-refractivity contribution in [3.8, 4) is 0 Å². The highest BCUT2D eigenvalue weighted by Crippen LogP contribution is 2.22. The lowest BCUT2D eigenvalue weighted by Crippen LogP contribution is -2.37. The van der Waals surface area contributed by atoms with Gasteiger partial charge >= 0.3 is 0 Å². The van der Waals surface area contributed by atoms with Crippen LogP contribution in [0, 0.1) is 0 Å². The second-order valence-electron chi connectivity index (χ2n) is 5.67. The largest absolute Gasteiger partial charge is 0.378 e. The summed E-state index contributed by atoms with van der Waals surface area (Å²) in [7, 11) is 1.87. The van der Waals surface area contributed by atoms with Gasteiger partial charge in [-0.1, -0.05) is 6.07 Å². The average molecular weight is 325 g/mol. The summed E-state index contributed by atoms with van der Waals surface area (Å²) in [5.41, 5.74) is 1.95. The summed E-state index contributed by atoms with van der Waals surface area (Å²) in [4.78, 5) is 15.4. The minimum atomic E-state index is 0.640. The molecule has 8 nitrogen and oxygen atoms in total. The molecule has 1 aliphatic heterocycles. The van der Waals surface area contributed by atoms with Gasteiger partial charge in [-0.15, -0.1) is 0 Å². The third-order valence-electron chi connectivity index (χ3n) is 4.15. The summed E-state index contributed by atoms with van der Waals surface area (Å²) >= 11 is 0. The average Bonchev–Trinajstić information content (AvgIpc) is 3.03. The van der Waals surface area contributed by atoms with Gasteiger partial charge in [0.05, 0.1) is 24.8 Å². The molecule has 0 bridgehead atoms. The summed E-state index contributed by atoms with van der Waals surface area (Å²) in [5.74, 6) is 1.79. The molecule has 3 aromatic heterocycles. The highest BCUT2D eigenvalue weighted by atomic mass is 16.5. The molecule has 4 rings (SSSR count). The Morgan fingerprint density at radius 3 is 2.96 bits per heavy atom. The Labute approximate surface area is 139 Å². The molecular formula is C16H19N7O. The number of hydrogen-bond donors (Lipinski definition) is 1. The summed E-state index contributed by atoms with van der Waals surface area (Å²) in [6.07, 6.45) is 5.17.